The van der Waals surface area contributed by atoms with Crippen molar-refractivity contribution < 1.29 is 14.6 Å². The number of rotatable bonds is 9. The molecule has 0 saturated heterocycles. The standard InChI is InChI=1S/C24H24N4O3S/c29-21(30)12-11-19-16-32-24(27-19)28-22-23(31-15-18-9-5-2-6-10-18)26-20(14-25-22)13-17-7-3-1-4-8-17/h1-10,14,19H,11-13,15-16H2,(H,29,30)(H,25,27,28). The van der Waals surface area contributed by atoms with Crippen LogP contribution in [0, 0.1) is 0 Å². The van der Waals surface area contributed by atoms with Crippen molar-refractivity contribution in [3.05, 3.63) is 83.7 Å². The number of amidine groups is 1. The molecule has 4 rings (SSSR count). The number of benzene rings is 2. The first kappa shape index (κ1) is 21.8. The van der Waals surface area contributed by atoms with E-state index in [1.54, 1.807) is 18.0 Å². The highest BCUT2D eigenvalue weighted by atomic mass is 32.2. The van der Waals surface area contributed by atoms with E-state index in [0.29, 0.717) is 36.3 Å². The number of aromatic nitrogens is 2. The largest absolute Gasteiger partial charge is 0.481 e. The van der Waals surface area contributed by atoms with E-state index < -0.39 is 5.97 Å². The molecule has 1 atom stereocenters. The van der Waals surface area contributed by atoms with Crippen LogP contribution in [0.1, 0.15) is 29.7 Å². The molecule has 0 amide bonds. The van der Waals surface area contributed by atoms with Gasteiger partial charge in [-0.1, -0.05) is 72.4 Å². The first-order valence-corrected chi connectivity index (χ1v) is 11.4. The topological polar surface area (TPSA) is 96.7 Å². The smallest absolute Gasteiger partial charge is 0.303 e. The molecule has 0 aliphatic carbocycles. The Morgan fingerprint density at radius 3 is 2.53 bits per heavy atom. The molecule has 0 saturated carbocycles. The summed E-state index contributed by atoms with van der Waals surface area (Å²) in [7, 11) is 0. The predicted octanol–water partition coefficient (Wildman–Crippen LogP) is 4.39. The van der Waals surface area contributed by atoms with Crippen molar-refractivity contribution in [3.8, 4) is 5.88 Å². The molecule has 0 bridgehead atoms. The van der Waals surface area contributed by atoms with E-state index in [4.69, 9.17) is 14.8 Å². The second kappa shape index (κ2) is 10.8. The summed E-state index contributed by atoms with van der Waals surface area (Å²) in [5.74, 6) is 0.862. The third-order valence-corrected chi connectivity index (χ3v) is 5.90. The minimum absolute atomic E-state index is 0.0161. The van der Waals surface area contributed by atoms with Crippen molar-refractivity contribution in [1.29, 1.82) is 0 Å². The number of nitrogens with one attached hydrogen (secondary N) is 1. The molecule has 1 aromatic heterocycles. The van der Waals surface area contributed by atoms with Crippen LogP contribution in [0.2, 0.25) is 0 Å². The molecule has 1 unspecified atom stereocenters. The van der Waals surface area contributed by atoms with Crippen molar-refractivity contribution in [2.45, 2.75) is 31.9 Å². The van der Waals surface area contributed by atoms with Crippen LogP contribution in [-0.2, 0) is 17.8 Å². The summed E-state index contributed by atoms with van der Waals surface area (Å²) < 4.78 is 6.04. The maximum Gasteiger partial charge on any atom is 0.303 e. The monoisotopic (exact) mass is 448 g/mol. The zero-order valence-electron chi connectivity index (χ0n) is 17.5. The molecular formula is C24H24N4O3S. The SMILES string of the molecule is O=C(O)CCC1CSC(Nc2ncc(Cc3ccccc3)nc2OCc2ccccc2)=N1. The number of ether oxygens (including phenoxy) is 1. The van der Waals surface area contributed by atoms with Crippen molar-refractivity contribution in [3.63, 3.8) is 0 Å². The molecule has 32 heavy (non-hydrogen) atoms. The Morgan fingerprint density at radius 1 is 1.09 bits per heavy atom. The number of carbonyl (C=O) groups is 1. The highest BCUT2D eigenvalue weighted by Crippen LogP contribution is 2.27. The van der Waals surface area contributed by atoms with E-state index in [1.807, 2.05) is 48.5 Å². The average Bonchev–Trinajstić information content (AvgIpc) is 3.26. The predicted molar refractivity (Wildman–Crippen MR) is 126 cm³/mol. The van der Waals surface area contributed by atoms with Gasteiger partial charge in [0.05, 0.1) is 17.9 Å². The third kappa shape index (κ3) is 6.31. The molecule has 0 radical (unpaired) electrons. The molecule has 2 aromatic carbocycles. The fourth-order valence-corrected chi connectivity index (χ4v) is 4.22. The first-order valence-electron chi connectivity index (χ1n) is 10.4. The van der Waals surface area contributed by atoms with Gasteiger partial charge in [0, 0.05) is 18.6 Å². The summed E-state index contributed by atoms with van der Waals surface area (Å²) in [5.41, 5.74) is 2.99. The lowest BCUT2D eigenvalue weighted by Crippen LogP contribution is -2.11. The summed E-state index contributed by atoms with van der Waals surface area (Å²) in [6.07, 6.45) is 3.03. The van der Waals surface area contributed by atoms with Crippen LogP contribution < -0.4 is 10.1 Å². The molecule has 2 N–H and O–H groups in total. The van der Waals surface area contributed by atoms with Crippen LogP contribution in [0.4, 0.5) is 5.82 Å². The van der Waals surface area contributed by atoms with Gasteiger partial charge in [0.15, 0.2) is 11.0 Å². The Hall–Kier alpha value is -3.39. The number of aliphatic carboxylic acids is 1. The minimum atomic E-state index is -0.803. The maximum atomic E-state index is 10.8. The number of thioether (sulfide) groups is 1. The van der Waals surface area contributed by atoms with Gasteiger partial charge >= 0.3 is 5.97 Å². The van der Waals surface area contributed by atoms with Gasteiger partial charge in [0.1, 0.15) is 6.61 Å². The fourth-order valence-electron chi connectivity index (χ4n) is 3.23. The van der Waals surface area contributed by atoms with E-state index in [2.05, 4.69) is 27.4 Å². The summed E-state index contributed by atoms with van der Waals surface area (Å²) in [5, 5.41) is 12.8. The molecule has 1 aliphatic heterocycles. The Labute approximate surface area is 191 Å². The van der Waals surface area contributed by atoms with Crippen LogP contribution >= 0.6 is 11.8 Å². The van der Waals surface area contributed by atoms with Gasteiger partial charge in [-0.25, -0.2) is 9.97 Å². The number of aliphatic imine (C=N–C) groups is 1. The molecular weight excluding hydrogens is 424 g/mol. The van der Waals surface area contributed by atoms with Crippen molar-refractivity contribution in [2.24, 2.45) is 4.99 Å². The van der Waals surface area contributed by atoms with Gasteiger partial charge in [-0.05, 0) is 17.5 Å². The number of anilines is 1. The van der Waals surface area contributed by atoms with Crippen LogP contribution in [0.5, 0.6) is 5.88 Å². The first-order chi connectivity index (χ1) is 15.7. The second-order valence-corrected chi connectivity index (χ2v) is 8.42. The van der Waals surface area contributed by atoms with Gasteiger partial charge in [-0.15, -0.1) is 0 Å². The summed E-state index contributed by atoms with van der Waals surface area (Å²) in [6.45, 7) is 0.375. The Balaban J connectivity index is 1.50. The third-order valence-electron chi connectivity index (χ3n) is 4.87. The van der Waals surface area contributed by atoms with Crippen LogP contribution in [0.3, 0.4) is 0 Å². The van der Waals surface area contributed by atoms with E-state index in [1.165, 1.54) is 0 Å². The molecule has 1 aliphatic rings. The van der Waals surface area contributed by atoms with Crippen LogP contribution in [-0.4, -0.2) is 38.0 Å². The Kier molecular flexibility index (Phi) is 7.34. The lowest BCUT2D eigenvalue weighted by molar-refractivity contribution is -0.137. The van der Waals surface area contributed by atoms with Gasteiger partial charge < -0.3 is 15.2 Å². The van der Waals surface area contributed by atoms with Gasteiger partial charge in [-0.2, -0.15) is 0 Å². The average molecular weight is 449 g/mol. The normalized spacial score (nSPS) is 15.2. The van der Waals surface area contributed by atoms with Gasteiger partial charge in [0.25, 0.3) is 5.88 Å². The number of carboxylic acid groups (broad SMARTS) is 1. The number of hydrogen-bond acceptors (Lipinski definition) is 7. The lowest BCUT2D eigenvalue weighted by atomic mass is 10.1. The molecule has 3 aromatic rings. The summed E-state index contributed by atoms with van der Waals surface area (Å²) in [6, 6.07) is 20.0. The van der Waals surface area contributed by atoms with Crippen molar-refractivity contribution >= 4 is 28.7 Å². The highest BCUT2D eigenvalue weighted by Gasteiger charge is 2.21. The Morgan fingerprint density at radius 2 is 1.81 bits per heavy atom. The van der Waals surface area contributed by atoms with Crippen LogP contribution in [0.25, 0.3) is 0 Å². The van der Waals surface area contributed by atoms with Gasteiger partial charge in [-0.3, -0.25) is 9.79 Å². The molecule has 164 valence electrons. The quantitative estimate of drug-likeness (QED) is 0.501. The second-order valence-electron chi connectivity index (χ2n) is 7.41. The molecule has 7 nitrogen and oxygen atoms in total. The number of carboxylic acids is 1. The van der Waals surface area contributed by atoms with E-state index in [9.17, 15) is 4.79 Å². The molecule has 0 spiro atoms. The van der Waals surface area contributed by atoms with E-state index >= 15 is 0 Å². The summed E-state index contributed by atoms with van der Waals surface area (Å²) >= 11 is 1.55. The maximum absolute atomic E-state index is 10.8. The molecule has 8 heteroatoms. The number of hydrogen-bond donors (Lipinski definition) is 2. The Bertz CT molecular complexity index is 1080. The highest BCUT2D eigenvalue weighted by molar-refractivity contribution is 8.14. The minimum Gasteiger partial charge on any atom is -0.481 e. The van der Waals surface area contributed by atoms with E-state index in [-0.39, 0.29) is 12.5 Å². The fraction of sp³-hybridized carbons (Fsp3) is 0.250. The van der Waals surface area contributed by atoms with E-state index in [0.717, 1.165) is 22.6 Å². The lowest BCUT2D eigenvalue weighted by Gasteiger charge is -2.13. The van der Waals surface area contributed by atoms with Crippen molar-refractivity contribution in [1.82, 2.24) is 9.97 Å². The zero-order chi connectivity index (χ0) is 22.2. The molecule has 0 fully saturated rings. The summed E-state index contributed by atoms with van der Waals surface area (Å²) in [4.78, 5) is 24.7. The zero-order valence-corrected chi connectivity index (χ0v) is 18.3. The molecule has 2 heterocycles. The number of nitrogens with zero attached hydrogens (tertiary/aromatic N) is 3. The van der Waals surface area contributed by atoms with Gasteiger partial charge in [0.2, 0.25) is 0 Å². The van der Waals surface area contributed by atoms with Crippen LogP contribution in [0.15, 0.2) is 71.9 Å². The van der Waals surface area contributed by atoms with Crippen molar-refractivity contribution in [2.75, 3.05) is 11.1 Å².